The number of aryl methyl sites for hydroxylation is 1. The molecule has 0 aliphatic carbocycles. The first kappa shape index (κ1) is 27.6. The molecule has 6 rings (SSSR count). The predicted molar refractivity (Wildman–Crippen MR) is 152 cm³/mol. The molecule has 3 aromatic carbocycles. The Morgan fingerprint density at radius 2 is 1.65 bits per heavy atom. The number of rotatable bonds is 10. The third kappa shape index (κ3) is 5.29. The number of pyridine rings is 1. The highest BCUT2D eigenvalue weighted by atomic mass is 16.6. The number of carbonyl (C=O) groups excluding carboxylic acids is 2. The second-order valence-electron chi connectivity index (χ2n) is 9.94. The van der Waals surface area contributed by atoms with Crippen molar-refractivity contribution in [2.45, 2.75) is 25.2 Å². The molecule has 1 spiro atoms. The van der Waals surface area contributed by atoms with Gasteiger partial charge >= 0.3 is 11.9 Å². The van der Waals surface area contributed by atoms with Gasteiger partial charge in [0.25, 0.3) is 0 Å². The lowest BCUT2D eigenvalue weighted by atomic mass is 9.77. The van der Waals surface area contributed by atoms with Crippen LogP contribution in [0.2, 0.25) is 0 Å². The fourth-order valence-electron chi connectivity index (χ4n) is 5.29. The normalized spacial score (nSPS) is 15.7. The summed E-state index contributed by atoms with van der Waals surface area (Å²) in [4.78, 5) is 27.5. The number of carbonyl (C=O) groups is 2. The van der Waals surface area contributed by atoms with Gasteiger partial charge in [-0.1, -0.05) is 23.3 Å². The van der Waals surface area contributed by atoms with Gasteiger partial charge in [0.2, 0.25) is 0 Å². The number of hydrogen-bond acceptors (Lipinski definition) is 8. The van der Waals surface area contributed by atoms with E-state index in [1.54, 1.807) is 36.4 Å². The summed E-state index contributed by atoms with van der Waals surface area (Å²) < 4.78 is 30.9. The molecule has 0 radical (unpaired) electrons. The van der Waals surface area contributed by atoms with Crippen molar-refractivity contribution < 1.29 is 37.8 Å². The van der Waals surface area contributed by atoms with Gasteiger partial charge in [-0.25, -0.2) is 14.2 Å². The zero-order chi connectivity index (χ0) is 29.8. The fourth-order valence-corrected chi connectivity index (χ4v) is 5.29. The molecule has 1 atom stereocenters. The molecular weight excluding hydrogens is 552 g/mol. The van der Waals surface area contributed by atoms with Gasteiger partial charge in [-0.2, -0.15) is 0 Å². The molecule has 0 N–H and O–H groups in total. The highest BCUT2D eigenvalue weighted by Gasteiger charge is 2.53. The minimum absolute atomic E-state index is 0.262. The smallest absolute Gasteiger partial charge is 0.343 e. The van der Waals surface area contributed by atoms with Gasteiger partial charge in [0, 0.05) is 64.4 Å². The van der Waals surface area contributed by atoms with E-state index in [-0.39, 0.29) is 6.61 Å². The van der Waals surface area contributed by atoms with Gasteiger partial charge in [0.15, 0.2) is 24.6 Å². The topological polar surface area (TPSA) is 133 Å². The molecule has 3 heterocycles. The first-order valence-electron chi connectivity index (χ1n) is 13.6. The average Bonchev–Trinajstić information content (AvgIpc) is 3.33. The highest BCUT2D eigenvalue weighted by Crippen LogP contribution is 2.57. The van der Waals surface area contributed by atoms with Crippen molar-refractivity contribution in [1.29, 1.82) is 0 Å². The van der Waals surface area contributed by atoms with Crippen molar-refractivity contribution in [2.24, 2.45) is 5.11 Å². The SMILES string of the molecule is COC(=O)COc1ccc2c(c1)Oc1cc(OCc3cc[n+](CCCN=[N+]=[N-])cc3)ccc1C21OC(=O)c2ccccc21. The van der Waals surface area contributed by atoms with E-state index in [0.717, 1.165) is 18.5 Å². The Bertz CT molecular complexity index is 1750. The summed E-state index contributed by atoms with van der Waals surface area (Å²) in [6, 6.07) is 21.8. The number of aromatic nitrogens is 1. The second kappa shape index (κ2) is 11.8. The quantitative estimate of drug-likeness (QED) is 0.0616. The molecule has 0 bridgehead atoms. The van der Waals surface area contributed by atoms with Crippen LogP contribution in [0.3, 0.4) is 0 Å². The van der Waals surface area contributed by atoms with Crippen molar-refractivity contribution in [2.75, 3.05) is 20.3 Å². The molecule has 1 aromatic heterocycles. The molecule has 0 amide bonds. The van der Waals surface area contributed by atoms with E-state index < -0.39 is 17.5 Å². The molecule has 11 heteroatoms. The Balaban J connectivity index is 1.29. The average molecular weight is 580 g/mol. The van der Waals surface area contributed by atoms with Crippen LogP contribution in [0, 0.1) is 0 Å². The highest BCUT2D eigenvalue weighted by molar-refractivity contribution is 5.97. The van der Waals surface area contributed by atoms with Crippen LogP contribution in [-0.4, -0.2) is 32.2 Å². The lowest BCUT2D eigenvalue weighted by Gasteiger charge is -2.36. The number of hydrogen-bond donors (Lipinski definition) is 0. The van der Waals surface area contributed by atoms with Crippen molar-refractivity contribution in [3.63, 3.8) is 0 Å². The van der Waals surface area contributed by atoms with Crippen molar-refractivity contribution >= 4 is 11.9 Å². The summed E-state index contributed by atoms with van der Waals surface area (Å²) in [7, 11) is 1.29. The van der Waals surface area contributed by atoms with Crippen LogP contribution in [0.5, 0.6) is 23.0 Å². The second-order valence-corrected chi connectivity index (χ2v) is 9.94. The Morgan fingerprint density at radius 1 is 0.953 bits per heavy atom. The Morgan fingerprint density at radius 3 is 2.35 bits per heavy atom. The molecule has 11 nitrogen and oxygen atoms in total. The fraction of sp³-hybridized carbons (Fsp3) is 0.219. The summed E-state index contributed by atoms with van der Waals surface area (Å²) in [6.07, 6.45) is 4.66. The maximum atomic E-state index is 13.1. The van der Waals surface area contributed by atoms with E-state index in [9.17, 15) is 9.59 Å². The van der Waals surface area contributed by atoms with E-state index in [0.29, 0.717) is 58.4 Å². The largest absolute Gasteiger partial charge is 0.489 e. The molecule has 2 aliphatic rings. The summed E-state index contributed by atoms with van der Waals surface area (Å²) in [6.45, 7) is 1.26. The predicted octanol–water partition coefficient (Wildman–Crippen LogP) is 5.37. The van der Waals surface area contributed by atoms with Crippen molar-refractivity contribution in [1.82, 2.24) is 0 Å². The van der Waals surface area contributed by atoms with E-state index in [1.807, 2.05) is 53.4 Å². The van der Waals surface area contributed by atoms with Crippen LogP contribution in [-0.2, 0) is 33.0 Å². The summed E-state index contributed by atoms with van der Waals surface area (Å²) in [5, 5.41) is 3.56. The zero-order valence-corrected chi connectivity index (χ0v) is 23.3. The molecule has 0 fully saturated rings. The summed E-state index contributed by atoms with van der Waals surface area (Å²) in [5.41, 5.74) is 10.6. The molecule has 2 aliphatic heterocycles. The minimum atomic E-state index is -1.23. The minimum Gasteiger partial charge on any atom is -0.489 e. The first-order valence-corrected chi connectivity index (χ1v) is 13.6. The maximum Gasteiger partial charge on any atom is 0.343 e. The summed E-state index contributed by atoms with van der Waals surface area (Å²) in [5.74, 6) is 0.903. The number of methoxy groups -OCH3 is 1. The molecule has 216 valence electrons. The molecule has 4 aromatic rings. The maximum absolute atomic E-state index is 13.1. The number of azide groups is 1. The van der Waals surface area contributed by atoms with Gasteiger partial charge in [-0.3, -0.25) is 0 Å². The number of esters is 2. The van der Waals surface area contributed by atoms with Gasteiger partial charge in [-0.15, -0.1) is 0 Å². The first-order chi connectivity index (χ1) is 21.0. The van der Waals surface area contributed by atoms with Gasteiger partial charge < -0.3 is 23.7 Å². The monoisotopic (exact) mass is 579 g/mol. The Kier molecular flexibility index (Phi) is 7.55. The van der Waals surface area contributed by atoms with E-state index in [4.69, 9.17) is 24.5 Å². The summed E-state index contributed by atoms with van der Waals surface area (Å²) >= 11 is 0. The molecule has 0 saturated carbocycles. The van der Waals surface area contributed by atoms with Crippen LogP contribution in [0.4, 0.5) is 0 Å². The molecule has 0 saturated heterocycles. The third-order valence-electron chi connectivity index (χ3n) is 7.34. The van der Waals surface area contributed by atoms with Crippen molar-refractivity contribution in [3.8, 4) is 23.0 Å². The van der Waals surface area contributed by atoms with Crippen LogP contribution in [0.1, 0.15) is 39.0 Å². The molecular formula is C32H27N4O7+. The lowest BCUT2D eigenvalue weighted by molar-refractivity contribution is -0.697. The number of fused-ring (bicyclic) bond motifs is 6. The van der Waals surface area contributed by atoms with E-state index in [2.05, 4.69) is 14.8 Å². The zero-order valence-electron chi connectivity index (χ0n) is 23.3. The van der Waals surface area contributed by atoms with E-state index in [1.165, 1.54) is 7.11 Å². The molecule has 43 heavy (non-hydrogen) atoms. The van der Waals surface area contributed by atoms with Gasteiger partial charge in [-0.05, 0) is 35.9 Å². The van der Waals surface area contributed by atoms with Gasteiger partial charge in [0.1, 0.15) is 36.1 Å². The molecule has 1 unspecified atom stereocenters. The third-order valence-corrected chi connectivity index (χ3v) is 7.34. The van der Waals surface area contributed by atoms with Crippen LogP contribution in [0.15, 0.2) is 90.3 Å². The standard InChI is InChI=1S/C32H27N4O7/c1-39-30(37)20-41-23-8-10-27-29(18-23)42-28-17-22(40-19-21-11-15-36(16-12-21)14-4-13-34-35-33)7-9-26(28)32(27)25-6-3-2-5-24(25)31(38)43-32/h2-3,5-12,15-18H,4,13-14,19-20H2,1H3/q+1. The Hall–Kier alpha value is -5.54. The number of ether oxygens (including phenoxy) is 5. The number of benzene rings is 3. The number of nitrogens with zero attached hydrogens (tertiary/aromatic N) is 4. The van der Waals surface area contributed by atoms with Crippen LogP contribution >= 0.6 is 0 Å². The van der Waals surface area contributed by atoms with E-state index >= 15 is 0 Å². The Labute approximate surface area is 246 Å². The van der Waals surface area contributed by atoms with Crippen LogP contribution < -0.4 is 18.8 Å². The van der Waals surface area contributed by atoms with Crippen molar-refractivity contribution in [3.05, 3.63) is 123 Å². The lowest BCUT2D eigenvalue weighted by Crippen LogP contribution is -2.33. The van der Waals surface area contributed by atoms with Gasteiger partial charge in [0.05, 0.1) is 12.7 Å². The van der Waals surface area contributed by atoms with Crippen LogP contribution in [0.25, 0.3) is 10.4 Å².